The molecule has 0 unspecified atom stereocenters. The molecule has 0 radical (unpaired) electrons. The highest BCUT2D eigenvalue weighted by Crippen LogP contribution is 2.20. The monoisotopic (exact) mass is 274 g/mol. The van der Waals surface area contributed by atoms with Crippen molar-refractivity contribution in [3.05, 3.63) is 28.8 Å². The Labute approximate surface area is 106 Å². The number of benzene rings is 1. The predicted octanol–water partition coefficient (Wildman–Crippen LogP) is 1.29. The number of halogens is 1. The average Bonchev–Trinajstić information content (AvgIpc) is 2.73. The van der Waals surface area contributed by atoms with Gasteiger partial charge in [-0.05, 0) is 37.6 Å². The fourth-order valence-electron chi connectivity index (χ4n) is 1.90. The summed E-state index contributed by atoms with van der Waals surface area (Å²) in [7, 11) is -3.47. The lowest BCUT2D eigenvalue weighted by Crippen LogP contribution is -2.36. The molecule has 0 bridgehead atoms. The van der Waals surface area contributed by atoms with Crippen LogP contribution in [0.4, 0.5) is 0 Å². The summed E-state index contributed by atoms with van der Waals surface area (Å²) in [6.07, 6.45) is 0.818. The van der Waals surface area contributed by atoms with Gasteiger partial charge in [-0.1, -0.05) is 17.7 Å². The Morgan fingerprint density at radius 3 is 2.88 bits per heavy atom. The van der Waals surface area contributed by atoms with Gasteiger partial charge in [0.15, 0.2) is 0 Å². The third kappa shape index (κ3) is 2.98. The lowest BCUT2D eigenvalue weighted by Gasteiger charge is -2.13. The first-order chi connectivity index (χ1) is 7.99. The van der Waals surface area contributed by atoms with Crippen LogP contribution in [-0.4, -0.2) is 27.5 Å². The normalized spacial score (nSPS) is 20.7. The second-order valence-corrected chi connectivity index (χ2v) is 6.34. The van der Waals surface area contributed by atoms with E-state index < -0.39 is 10.0 Å². The minimum atomic E-state index is -3.47. The molecule has 2 rings (SSSR count). The summed E-state index contributed by atoms with van der Waals surface area (Å²) in [5.41, 5.74) is 0.702. The van der Waals surface area contributed by atoms with E-state index >= 15 is 0 Å². The largest absolute Gasteiger partial charge is 0.315 e. The molecule has 17 heavy (non-hydrogen) atoms. The summed E-state index contributed by atoms with van der Waals surface area (Å²) < 4.78 is 27.0. The highest BCUT2D eigenvalue weighted by Gasteiger charge is 2.23. The summed E-state index contributed by atoms with van der Waals surface area (Å²) >= 11 is 5.83. The molecule has 1 aromatic rings. The predicted molar refractivity (Wildman–Crippen MR) is 67.8 cm³/mol. The number of rotatable bonds is 3. The highest BCUT2D eigenvalue weighted by molar-refractivity contribution is 7.89. The van der Waals surface area contributed by atoms with Gasteiger partial charge in [0, 0.05) is 17.6 Å². The Hall–Kier alpha value is -0.620. The second-order valence-electron chi connectivity index (χ2n) is 4.22. The molecule has 1 aliphatic rings. The molecule has 1 heterocycles. The lowest BCUT2D eigenvalue weighted by molar-refractivity contribution is 0.559. The van der Waals surface area contributed by atoms with E-state index in [1.54, 1.807) is 19.1 Å². The fraction of sp³-hybridized carbons (Fsp3) is 0.455. The molecule has 0 spiro atoms. The highest BCUT2D eigenvalue weighted by atomic mass is 35.5. The van der Waals surface area contributed by atoms with Crippen LogP contribution < -0.4 is 10.0 Å². The van der Waals surface area contributed by atoms with E-state index in [2.05, 4.69) is 10.0 Å². The number of nitrogens with one attached hydrogen (secondary N) is 2. The van der Waals surface area contributed by atoms with Crippen molar-refractivity contribution in [2.45, 2.75) is 24.3 Å². The first-order valence-corrected chi connectivity index (χ1v) is 7.34. The first-order valence-electron chi connectivity index (χ1n) is 5.48. The molecule has 0 aromatic heterocycles. The van der Waals surface area contributed by atoms with Crippen molar-refractivity contribution in [1.29, 1.82) is 0 Å². The van der Waals surface area contributed by atoms with Gasteiger partial charge in [0.1, 0.15) is 0 Å². The zero-order valence-electron chi connectivity index (χ0n) is 9.53. The summed E-state index contributed by atoms with van der Waals surface area (Å²) in [5, 5.41) is 3.55. The molecule has 0 aliphatic carbocycles. The van der Waals surface area contributed by atoms with Gasteiger partial charge in [-0.3, -0.25) is 0 Å². The van der Waals surface area contributed by atoms with Crippen LogP contribution in [0.3, 0.4) is 0 Å². The molecule has 6 heteroatoms. The number of hydrogen-bond donors (Lipinski definition) is 2. The Kier molecular flexibility index (Phi) is 3.73. The summed E-state index contributed by atoms with van der Waals surface area (Å²) in [5.74, 6) is 0. The maximum absolute atomic E-state index is 12.2. The topological polar surface area (TPSA) is 58.2 Å². The van der Waals surface area contributed by atoms with Crippen molar-refractivity contribution in [1.82, 2.24) is 10.0 Å². The zero-order valence-corrected chi connectivity index (χ0v) is 11.1. The molecule has 4 nitrogen and oxygen atoms in total. The van der Waals surface area contributed by atoms with E-state index in [4.69, 9.17) is 11.6 Å². The SMILES string of the molecule is Cc1ccc(Cl)cc1S(=O)(=O)N[C@@H]1CCNC1. The Balaban J connectivity index is 2.27. The molecular weight excluding hydrogens is 260 g/mol. The van der Waals surface area contributed by atoms with Gasteiger partial charge in [0.05, 0.1) is 4.90 Å². The van der Waals surface area contributed by atoms with Gasteiger partial charge >= 0.3 is 0 Å². The van der Waals surface area contributed by atoms with Gasteiger partial charge in [-0.15, -0.1) is 0 Å². The average molecular weight is 275 g/mol. The maximum atomic E-state index is 12.2. The van der Waals surface area contributed by atoms with E-state index in [0.717, 1.165) is 13.0 Å². The molecule has 0 saturated carbocycles. The quantitative estimate of drug-likeness (QED) is 0.873. The van der Waals surface area contributed by atoms with E-state index in [1.165, 1.54) is 6.07 Å². The van der Waals surface area contributed by atoms with Gasteiger partial charge in [0.2, 0.25) is 10.0 Å². The smallest absolute Gasteiger partial charge is 0.241 e. The van der Waals surface area contributed by atoms with Gasteiger partial charge < -0.3 is 5.32 Å². The Bertz CT molecular complexity index is 510. The van der Waals surface area contributed by atoms with E-state index in [9.17, 15) is 8.42 Å². The third-order valence-electron chi connectivity index (χ3n) is 2.82. The minimum absolute atomic E-state index is 0.0293. The molecule has 0 amide bonds. The Morgan fingerprint density at radius 1 is 1.47 bits per heavy atom. The van der Waals surface area contributed by atoms with Crippen molar-refractivity contribution in [2.24, 2.45) is 0 Å². The second kappa shape index (κ2) is 4.94. The molecule has 1 saturated heterocycles. The van der Waals surface area contributed by atoms with Crippen molar-refractivity contribution >= 4 is 21.6 Å². The van der Waals surface area contributed by atoms with Crippen LogP contribution in [0.15, 0.2) is 23.1 Å². The Morgan fingerprint density at radius 2 is 2.24 bits per heavy atom. The van der Waals surface area contributed by atoms with Crippen molar-refractivity contribution in [3.63, 3.8) is 0 Å². The zero-order chi connectivity index (χ0) is 12.5. The number of hydrogen-bond acceptors (Lipinski definition) is 3. The van der Waals surface area contributed by atoms with Crippen LogP contribution in [0, 0.1) is 6.92 Å². The van der Waals surface area contributed by atoms with Crippen LogP contribution in [0.5, 0.6) is 0 Å². The molecule has 1 atom stereocenters. The van der Waals surface area contributed by atoms with E-state index in [-0.39, 0.29) is 10.9 Å². The van der Waals surface area contributed by atoms with Crippen LogP contribution >= 0.6 is 11.6 Å². The first kappa shape index (κ1) is 12.8. The van der Waals surface area contributed by atoms with E-state index in [0.29, 0.717) is 17.1 Å². The van der Waals surface area contributed by atoms with Crippen LogP contribution in [0.2, 0.25) is 5.02 Å². The van der Waals surface area contributed by atoms with Crippen molar-refractivity contribution in [3.8, 4) is 0 Å². The summed E-state index contributed by atoms with van der Waals surface area (Å²) in [4.78, 5) is 0.261. The number of sulfonamides is 1. The van der Waals surface area contributed by atoms with Crippen molar-refractivity contribution in [2.75, 3.05) is 13.1 Å². The molecule has 1 aliphatic heterocycles. The molecule has 1 aromatic carbocycles. The lowest BCUT2D eigenvalue weighted by atomic mass is 10.2. The standard InChI is InChI=1S/C11H15ClN2O2S/c1-8-2-3-9(12)6-11(8)17(15,16)14-10-4-5-13-7-10/h2-3,6,10,13-14H,4-5,7H2,1H3/t10-/m1/s1. The molecule has 94 valence electrons. The summed E-state index contributed by atoms with van der Waals surface area (Å²) in [6, 6.07) is 4.86. The number of aryl methyl sites for hydroxylation is 1. The van der Waals surface area contributed by atoms with Gasteiger partial charge in [0.25, 0.3) is 0 Å². The maximum Gasteiger partial charge on any atom is 0.241 e. The van der Waals surface area contributed by atoms with Crippen molar-refractivity contribution < 1.29 is 8.42 Å². The van der Waals surface area contributed by atoms with Gasteiger partial charge in [-0.25, -0.2) is 13.1 Å². The molecule has 2 N–H and O–H groups in total. The van der Waals surface area contributed by atoms with Gasteiger partial charge in [-0.2, -0.15) is 0 Å². The minimum Gasteiger partial charge on any atom is -0.315 e. The third-order valence-corrected chi connectivity index (χ3v) is 4.72. The summed E-state index contributed by atoms with van der Waals surface area (Å²) in [6.45, 7) is 3.29. The van der Waals surface area contributed by atoms with Crippen LogP contribution in [0.25, 0.3) is 0 Å². The van der Waals surface area contributed by atoms with E-state index in [1.807, 2.05) is 0 Å². The fourth-order valence-corrected chi connectivity index (χ4v) is 3.68. The molecular formula is C11H15ClN2O2S. The van der Waals surface area contributed by atoms with Crippen LogP contribution in [-0.2, 0) is 10.0 Å². The van der Waals surface area contributed by atoms with Crippen LogP contribution in [0.1, 0.15) is 12.0 Å². The molecule has 1 fully saturated rings.